The van der Waals surface area contributed by atoms with E-state index in [-0.39, 0.29) is 21.7 Å². The highest BCUT2D eigenvalue weighted by molar-refractivity contribution is 6.34. The van der Waals surface area contributed by atoms with Crippen molar-refractivity contribution in [3.63, 3.8) is 0 Å². The van der Waals surface area contributed by atoms with Gasteiger partial charge in [0.1, 0.15) is 6.04 Å². The van der Waals surface area contributed by atoms with Crippen LogP contribution in [0.1, 0.15) is 53.9 Å². The number of fused-ring (bicyclic) bond motifs is 1. The van der Waals surface area contributed by atoms with Crippen molar-refractivity contribution in [3.05, 3.63) is 106 Å². The molecule has 3 aromatic carbocycles. The average Bonchev–Trinajstić information content (AvgIpc) is 3.05. The van der Waals surface area contributed by atoms with Gasteiger partial charge in [0.25, 0.3) is 17.7 Å². The van der Waals surface area contributed by atoms with Crippen LogP contribution < -0.4 is 0 Å². The third-order valence-electron chi connectivity index (χ3n) is 5.38. The molecule has 1 aliphatic heterocycles. The van der Waals surface area contributed by atoms with Gasteiger partial charge in [0.15, 0.2) is 5.78 Å². The van der Waals surface area contributed by atoms with Gasteiger partial charge in [-0.1, -0.05) is 65.7 Å². The van der Waals surface area contributed by atoms with Crippen LogP contribution >= 0.6 is 11.6 Å². The van der Waals surface area contributed by atoms with Gasteiger partial charge in [-0.25, -0.2) is 5.01 Å². The highest BCUT2D eigenvalue weighted by Gasteiger charge is 2.45. The quantitative estimate of drug-likeness (QED) is 0.425. The Bertz CT molecular complexity index is 1220. The van der Waals surface area contributed by atoms with E-state index >= 15 is 0 Å². The van der Waals surface area contributed by atoms with Crippen LogP contribution in [0.15, 0.2) is 72.8 Å². The molecule has 1 atom stereocenters. The standard InChI is InChI=1S/C25H19ClN2O4/c1-15-11-13-17(14-12-15)22(29)16(2)27(25(32)20-9-5-6-10-21(20)26)28-23(30)18-7-3-4-8-19(18)24(28)31/h3-14,16H,1-2H3/t16-/m0/s1. The van der Waals surface area contributed by atoms with Crippen LogP contribution in [0.4, 0.5) is 0 Å². The molecule has 0 saturated heterocycles. The Labute approximate surface area is 190 Å². The first-order valence-electron chi connectivity index (χ1n) is 9.98. The summed E-state index contributed by atoms with van der Waals surface area (Å²) in [5.74, 6) is -2.48. The van der Waals surface area contributed by atoms with Gasteiger partial charge in [-0.05, 0) is 38.1 Å². The first-order chi connectivity index (χ1) is 15.3. The number of nitrogens with zero attached hydrogens (tertiary/aromatic N) is 2. The molecule has 0 fully saturated rings. The van der Waals surface area contributed by atoms with Gasteiger partial charge in [-0.15, -0.1) is 0 Å². The second-order valence-electron chi connectivity index (χ2n) is 7.50. The Hall–Kier alpha value is -3.77. The van der Waals surface area contributed by atoms with Gasteiger partial charge in [-0.2, -0.15) is 5.01 Å². The normalized spacial score (nSPS) is 13.7. The van der Waals surface area contributed by atoms with Gasteiger partial charge in [0.2, 0.25) is 0 Å². The molecule has 1 aliphatic rings. The van der Waals surface area contributed by atoms with Gasteiger partial charge in [0.05, 0.1) is 21.7 Å². The number of Topliss-reactive ketones (excluding diaryl/α,β-unsaturated/α-hetero) is 1. The molecule has 4 rings (SSSR count). The van der Waals surface area contributed by atoms with Crippen LogP contribution in [0.3, 0.4) is 0 Å². The molecule has 0 aliphatic carbocycles. The molecule has 0 saturated carbocycles. The Kier molecular flexibility index (Phi) is 5.63. The van der Waals surface area contributed by atoms with Crippen LogP contribution in [-0.4, -0.2) is 39.6 Å². The van der Waals surface area contributed by atoms with E-state index in [1.807, 2.05) is 6.92 Å². The molecular weight excluding hydrogens is 428 g/mol. The van der Waals surface area contributed by atoms with Gasteiger partial charge in [0, 0.05) is 5.56 Å². The van der Waals surface area contributed by atoms with Crippen molar-refractivity contribution in [2.75, 3.05) is 0 Å². The molecule has 0 spiro atoms. The van der Waals surface area contributed by atoms with Gasteiger partial charge >= 0.3 is 0 Å². The summed E-state index contributed by atoms with van der Waals surface area (Å²) in [6.07, 6.45) is 0. The average molecular weight is 447 g/mol. The summed E-state index contributed by atoms with van der Waals surface area (Å²) >= 11 is 6.23. The van der Waals surface area contributed by atoms with Gasteiger partial charge in [-0.3, -0.25) is 19.2 Å². The van der Waals surface area contributed by atoms with E-state index in [0.717, 1.165) is 15.6 Å². The summed E-state index contributed by atoms with van der Waals surface area (Å²) in [4.78, 5) is 53.1. The number of benzene rings is 3. The fraction of sp³-hybridized carbons (Fsp3) is 0.120. The van der Waals surface area contributed by atoms with Crippen LogP contribution in [0.5, 0.6) is 0 Å². The van der Waals surface area contributed by atoms with Crippen LogP contribution in [0.25, 0.3) is 0 Å². The molecule has 0 aromatic heterocycles. The molecule has 7 heteroatoms. The molecule has 32 heavy (non-hydrogen) atoms. The molecule has 0 unspecified atom stereocenters. The fourth-order valence-corrected chi connectivity index (χ4v) is 3.86. The van der Waals surface area contributed by atoms with Crippen molar-refractivity contribution in [3.8, 4) is 0 Å². The van der Waals surface area contributed by atoms with E-state index in [1.165, 1.54) is 31.2 Å². The maximum Gasteiger partial charge on any atom is 0.280 e. The highest BCUT2D eigenvalue weighted by atomic mass is 35.5. The van der Waals surface area contributed by atoms with Crippen molar-refractivity contribution in [2.24, 2.45) is 0 Å². The Morgan fingerprint density at radius 2 is 1.38 bits per heavy atom. The molecule has 160 valence electrons. The lowest BCUT2D eigenvalue weighted by atomic mass is 10.0. The summed E-state index contributed by atoms with van der Waals surface area (Å²) in [6.45, 7) is 3.38. The Balaban J connectivity index is 1.81. The lowest BCUT2D eigenvalue weighted by Crippen LogP contribution is -2.56. The maximum absolute atomic E-state index is 13.6. The zero-order valence-electron chi connectivity index (χ0n) is 17.4. The molecule has 6 nitrogen and oxygen atoms in total. The number of carbonyl (C=O) groups excluding carboxylic acids is 4. The van der Waals surface area contributed by atoms with E-state index in [0.29, 0.717) is 5.56 Å². The lowest BCUT2D eigenvalue weighted by molar-refractivity contribution is -0.00680. The second-order valence-corrected chi connectivity index (χ2v) is 7.91. The number of rotatable bonds is 5. The van der Waals surface area contributed by atoms with Crippen molar-refractivity contribution in [2.45, 2.75) is 19.9 Å². The SMILES string of the molecule is Cc1ccc(C(=O)[C@H](C)N(C(=O)c2ccccc2Cl)N2C(=O)c3ccccc3C2=O)cc1. The van der Waals surface area contributed by atoms with E-state index in [2.05, 4.69) is 0 Å². The second kappa shape index (κ2) is 8.40. The third-order valence-corrected chi connectivity index (χ3v) is 5.71. The number of hydrogen-bond donors (Lipinski definition) is 0. The number of imide groups is 1. The van der Waals surface area contributed by atoms with Crippen LogP contribution in [0.2, 0.25) is 5.02 Å². The largest absolute Gasteiger partial charge is 0.292 e. The number of carbonyl (C=O) groups is 4. The molecule has 1 heterocycles. The minimum atomic E-state index is -1.15. The minimum Gasteiger partial charge on any atom is -0.292 e. The summed E-state index contributed by atoms with van der Waals surface area (Å²) < 4.78 is 0. The van der Waals surface area contributed by atoms with Crippen molar-refractivity contribution >= 4 is 35.1 Å². The predicted molar refractivity (Wildman–Crippen MR) is 120 cm³/mol. The number of aryl methyl sites for hydroxylation is 1. The zero-order chi connectivity index (χ0) is 23.0. The fourth-order valence-electron chi connectivity index (χ4n) is 3.64. The number of hydrogen-bond acceptors (Lipinski definition) is 4. The highest BCUT2D eigenvalue weighted by Crippen LogP contribution is 2.29. The Morgan fingerprint density at radius 1 is 0.844 bits per heavy atom. The third kappa shape index (κ3) is 3.59. The van der Waals surface area contributed by atoms with E-state index in [9.17, 15) is 19.2 Å². The molecular formula is C25H19ClN2O4. The van der Waals surface area contributed by atoms with Crippen molar-refractivity contribution in [1.82, 2.24) is 10.0 Å². The molecule has 3 amide bonds. The predicted octanol–water partition coefficient (Wildman–Crippen LogP) is 4.57. The topological polar surface area (TPSA) is 74.8 Å². The number of amides is 3. The molecule has 0 radical (unpaired) electrons. The smallest absolute Gasteiger partial charge is 0.280 e. The van der Waals surface area contributed by atoms with Crippen LogP contribution in [-0.2, 0) is 0 Å². The summed E-state index contributed by atoms with van der Waals surface area (Å²) in [6, 6.07) is 18.3. The first kappa shape index (κ1) is 21.5. The monoisotopic (exact) mass is 446 g/mol. The van der Waals surface area contributed by atoms with Crippen LogP contribution in [0, 0.1) is 6.92 Å². The van der Waals surface area contributed by atoms with E-state index < -0.39 is 29.5 Å². The number of halogens is 1. The Morgan fingerprint density at radius 3 is 1.94 bits per heavy atom. The molecule has 0 bridgehead atoms. The molecule has 0 N–H and O–H groups in total. The van der Waals surface area contributed by atoms with Crippen molar-refractivity contribution in [1.29, 1.82) is 0 Å². The lowest BCUT2D eigenvalue weighted by Gasteiger charge is -2.34. The van der Waals surface area contributed by atoms with E-state index in [4.69, 9.17) is 11.6 Å². The summed E-state index contributed by atoms with van der Waals surface area (Å²) in [7, 11) is 0. The number of hydrazine groups is 1. The maximum atomic E-state index is 13.6. The first-order valence-corrected chi connectivity index (χ1v) is 10.4. The number of ketones is 1. The van der Waals surface area contributed by atoms with E-state index in [1.54, 1.807) is 48.5 Å². The van der Waals surface area contributed by atoms with Crippen molar-refractivity contribution < 1.29 is 19.2 Å². The summed E-state index contributed by atoms with van der Waals surface area (Å²) in [5.41, 5.74) is 1.75. The van der Waals surface area contributed by atoms with Gasteiger partial charge < -0.3 is 0 Å². The zero-order valence-corrected chi connectivity index (χ0v) is 18.2. The summed E-state index contributed by atoms with van der Waals surface area (Å²) in [5, 5.41) is 1.80. The molecule has 3 aromatic rings. The minimum absolute atomic E-state index is 0.0780.